The van der Waals surface area contributed by atoms with Gasteiger partial charge < -0.3 is 0 Å². The van der Waals surface area contributed by atoms with Crippen LogP contribution in [-0.2, 0) is 0 Å². The van der Waals surface area contributed by atoms with E-state index in [-0.39, 0.29) is 0 Å². The van der Waals surface area contributed by atoms with Crippen LogP contribution in [0.1, 0.15) is 0 Å². The average Bonchev–Trinajstić information content (AvgIpc) is 3.03. The largest absolute Gasteiger partial charge is 0.216 e. The first-order chi connectivity index (χ1) is 7.93. The Morgan fingerprint density at radius 2 is 1.38 bits per heavy atom. The summed E-state index contributed by atoms with van der Waals surface area (Å²) in [5.74, 6) is 1.49. The molecule has 0 unspecified atom stereocenters. The lowest BCUT2D eigenvalue weighted by Crippen LogP contribution is -1.92. The summed E-state index contributed by atoms with van der Waals surface area (Å²) in [6.45, 7) is 0. The molecule has 3 aromatic rings. The highest BCUT2D eigenvalue weighted by Gasteiger charge is 2.06. The van der Waals surface area contributed by atoms with E-state index >= 15 is 0 Å². The Bertz CT molecular complexity index is 524. The highest BCUT2D eigenvalue weighted by atomic mass is 32.1. The molecule has 0 saturated heterocycles. The van der Waals surface area contributed by atoms with Gasteiger partial charge in [-0.25, -0.2) is 15.0 Å². The number of hydrogen-bond acceptors (Lipinski definition) is 5. The first-order valence-corrected chi connectivity index (χ1v) is 6.46. The zero-order valence-corrected chi connectivity index (χ0v) is 9.83. The monoisotopic (exact) mass is 245 g/mol. The highest BCUT2D eigenvalue weighted by molar-refractivity contribution is 7.13. The lowest BCUT2D eigenvalue weighted by Gasteiger charge is -1.98. The smallest absolute Gasteiger partial charge is 0.173 e. The molecule has 0 aromatic carbocycles. The minimum Gasteiger partial charge on any atom is -0.216 e. The van der Waals surface area contributed by atoms with E-state index < -0.39 is 0 Å². The van der Waals surface area contributed by atoms with Crippen molar-refractivity contribution in [1.29, 1.82) is 0 Å². The number of thiophene rings is 2. The van der Waals surface area contributed by atoms with E-state index in [2.05, 4.69) is 15.0 Å². The van der Waals surface area contributed by atoms with Crippen LogP contribution in [0.5, 0.6) is 0 Å². The summed E-state index contributed by atoms with van der Waals surface area (Å²) in [6.07, 6.45) is 1.57. The zero-order chi connectivity index (χ0) is 10.8. The zero-order valence-electron chi connectivity index (χ0n) is 8.20. The Balaban J connectivity index is 2.07. The molecule has 0 aliphatic rings. The van der Waals surface area contributed by atoms with Gasteiger partial charge in [-0.3, -0.25) is 0 Å². The van der Waals surface area contributed by atoms with Crippen LogP contribution in [0.15, 0.2) is 41.4 Å². The Hall–Kier alpha value is -1.59. The lowest BCUT2D eigenvalue weighted by molar-refractivity contribution is 1.07. The van der Waals surface area contributed by atoms with E-state index in [4.69, 9.17) is 0 Å². The molecule has 0 N–H and O–H groups in total. The fraction of sp³-hybridized carbons (Fsp3) is 0. The minimum absolute atomic E-state index is 0.744. The third-order valence-electron chi connectivity index (χ3n) is 2.05. The van der Waals surface area contributed by atoms with Gasteiger partial charge in [0.2, 0.25) is 0 Å². The highest BCUT2D eigenvalue weighted by Crippen LogP contribution is 2.24. The predicted octanol–water partition coefficient (Wildman–Crippen LogP) is 3.33. The molecule has 0 radical (unpaired) electrons. The predicted molar refractivity (Wildman–Crippen MR) is 66.5 cm³/mol. The fourth-order valence-electron chi connectivity index (χ4n) is 1.35. The SMILES string of the molecule is c1csc(-c2ncnc(-c3cccs3)n2)c1. The lowest BCUT2D eigenvalue weighted by atomic mass is 10.4. The van der Waals surface area contributed by atoms with Crippen LogP contribution < -0.4 is 0 Å². The molecule has 78 valence electrons. The third kappa shape index (κ3) is 1.75. The molecule has 0 saturated carbocycles. The van der Waals surface area contributed by atoms with E-state index in [1.54, 1.807) is 29.0 Å². The molecule has 0 fully saturated rings. The summed E-state index contributed by atoms with van der Waals surface area (Å²) < 4.78 is 0. The maximum absolute atomic E-state index is 4.46. The number of aromatic nitrogens is 3. The van der Waals surface area contributed by atoms with E-state index in [0.717, 1.165) is 21.4 Å². The van der Waals surface area contributed by atoms with Gasteiger partial charge in [0.25, 0.3) is 0 Å². The molecule has 0 spiro atoms. The Labute approximate surface area is 100 Å². The second-order valence-electron chi connectivity index (χ2n) is 3.09. The molecule has 3 nitrogen and oxygen atoms in total. The first kappa shape index (κ1) is 9.62. The van der Waals surface area contributed by atoms with Crippen LogP contribution in [0, 0.1) is 0 Å². The maximum atomic E-state index is 4.46. The fourth-order valence-corrected chi connectivity index (χ4v) is 2.67. The van der Waals surface area contributed by atoms with Gasteiger partial charge in [-0.15, -0.1) is 22.7 Å². The quantitative estimate of drug-likeness (QED) is 0.695. The van der Waals surface area contributed by atoms with Gasteiger partial charge >= 0.3 is 0 Å². The topological polar surface area (TPSA) is 38.7 Å². The summed E-state index contributed by atoms with van der Waals surface area (Å²) in [5.41, 5.74) is 0. The van der Waals surface area contributed by atoms with E-state index in [1.165, 1.54) is 0 Å². The van der Waals surface area contributed by atoms with Crippen molar-refractivity contribution in [3.05, 3.63) is 41.4 Å². The van der Waals surface area contributed by atoms with Crippen molar-refractivity contribution >= 4 is 22.7 Å². The third-order valence-corrected chi connectivity index (χ3v) is 3.79. The Kier molecular flexibility index (Phi) is 2.47. The van der Waals surface area contributed by atoms with Crippen LogP contribution in [0.25, 0.3) is 21.4 Å². The van der Waals surface area contributed by atoms with E-state index in [0.29, 0.717) is 0 Å². The Morgan fingerprint density at radius 1 is 0.812 bits per heavy atom. The summed E-state index contributed by atoms with van der Waals surface area (Å²) in [7, 11) is 0. The molecule has 0 aliphatic carbocycles. The molecule has 3 aromatic heterocycles. The number of hydrogen-bond donors (Lipinski definition) is 0. The van der Waals surface area contributed by atoms with Crippen molar-refractivity contribution in [2.75, 3.05) is 0 Å². The van der Waals surface area contributed by atoms with Crippen molar-refractivity contribution in [1.82, 2.24) is 15.0 Å². The van der Waals surface area contributed by atoms with Crippen LogP contribution in [0.2, 0.25) is 0 Å². The molecule has 0 amide bonds. The van der Waals surface area contributed by atoms with Gasteiger partial charge in [-0.2, -0.15) is 0 Å². The standard InChI is InChI=1S/C11H7N3S2/c1-3-8(15-5-1)10-12-7-13-11(14-10)9-4-2-6-16-9/h1-7H. The summed E-state index contributed by atoms with van der Waals surface area (Å²) >= 11 is 3.27. The normalized spacial score (nSPS) is 10.5. The van der Waals surface area contributed by atoms with Gasteiger partial charge in [-0.05, 0) is 22.9 Å². The van der Waals surface area contributed by atoms with Crippen LogP contribution >= 0.6 is 22.7 Å². The molecule has 3 heterocycles. The van der Waals surface area contributed by atoms with Gasteiger partial charge in [0, 0.05) is 0 Å². The molecule has 16 heavy (non-hydrogen) atoms. The van der Waals surface area contributed by atoms with Gasteiger partial charge in [-0.1, -0.05) is 12.1 Å². The summed E-state index contributed by atoms with van der Waals surface area (Å²) in [6, 6.07) is 8.01. The molecular formula is C11H7N3S2. The van der Waals surface area contributed by atoms with Gasteiger partial charge in [0.15, 0.2) is 11.6 Å². The van der Waals surface area contributed by atoms with Gasteiger partial charge in [0.1, 0.15) is 6.33 Å². The maximum Gasteiger partial charge on any atom is 0.173 e. The second kappa shape index (κ2) is 4.11. The van der Waals surface area contributed by atoms with Gasteiger partial charge in [0.05, 0.1) is 9.75 Å². The molecule has 0 atom stereocenters. The second-order valence-corrected chi connectivity index (χ2v) is 4.98. The van der Waals surface area contributed by atoms with Crippen molar-refractivity contribution in [3.63, 3.8) is 0 Å². The molecular weight excluding hydrogens is 238 g/mol. The molecule has 5 heteroatoms. The van der Waals surface area contributed by atoms with E-state index in [9.17, 15) is 0 Å². The van der Waals surface area contributed by atoms with Crippen LogP contribution in [-0.4, -0.2) is 15.0 Å². The number of nitrogens with zero attached hydrogens (tertiary/aromatic N) is 3. The van der Waals surface area contributed by atoms with Crippen molar-refractivity contribution < 1.29 is 0 Å². The van der Waals surface area contributed by atoms with Crippen molar-refractivity contribution in [2.45, 2.75) is 0 Å². The molecule has 3 rings (SSSR count). The minimum atomic E-state index is 0.744. The van der Waals surface area contributed by atoms with Crippen molar-refractivity contribution in [3.8, 4) is 21.4 Å². The summed E-state index contributed by atoms with van der Waals surface area (Å²) in [4.78, 5) is 15.0. The number of rotatable bonds is 2. The van der Waals surface area contributed by atoms with Crippen LogP contribution in [0.4, 0.5) is 0 Å². The molecule has 0 aliphatic heterocycles. The van der Waals surface area contributed by atoms with Crippen LogP contribution in [0.3, 0.4) is 0 Å². The summed E-state index contributed by atoms with van der Waals surface area (Å²) in [5, 5.41) is 4.04. The first-order valence-electron chi connectivity index (χ1n) is 4.70. The van der Waals surface area contributed by atoms with Crippen molar-refractivity contribution in [2.24, 2.45) is 0 Å². The Morgan fingerprint density at radius 3 is 1.81 bits per heavy atom. The molecule has 0 bridgehead atoms. The average molecular weight is 245 g/mol. The van der Waals surface area contributed by atoms with E-state index in [1.807, 2.05) is 35.0 Å².